The minimum atomic E-state index is -2.04. The molecule has 0 aromatic heterocycles. The summed E-state index contributed by atoms with van der Waals surface area (Å²) in [7, 11) is 0. The lowest BCUT2D eigenvalue weighted by Crippen LogP contribution is -2.52. The number of carbonyl (C=O) groups excluding carboxylic acids is 2. The fourth-order valence-electron chi connectivity index (χ4n) is 0.967. The molecule has 2 amide bonds. The lowest BCUT2D eigenvalue weighted by Gasteiger charge is -2.23. The quantitative estimate of drug-likeness (QED) is 0.539. The molecule has 0 bridgehead atoms. The van der Waals surface area contributed by atoms with Crippen LogP contribution in [0.1, 0.15) is 34.6 Å². The Kier molecular flexibility index (Phi) is 5.49. The molecule has 2 unspecified atom stereocenters. The van der Waals surface area contributed by atoms with Crippen LogP contribution in [0.25, 0.3) is 0 Å². The first-order valence-electron chi connectivity index (χ1n) is 5.92. The van der Waals surface area contributed by atoms with Crippen molar-refractivity contribution in [3.05, 3.63) is 0 Å². The molecular formula is C12H22N2O5. The number of aliphatic hydroxyl groups is 1. The van der Waals surface area contributed by atoms with Crippen molar-refractivity contribution in [1.82, 2.24) is 10.6 Å². The van der Waals surface area contributed by atoms with E-state index in [0.29, 0.717) is 0 Å². The summed E-state index contributed by atoms with van der Waals surface area (Å²) in [6.07, 6.45) is 0. The fraction of sp³-hybridized carbons (Fsp3) is 0.750. The van der Waals surface area contributed by atoms with Crippen LogP contribution in [0, 0.1) is 5.41 Å². The zero-order valence-electron chi connectivity index (χ0n) is 11.9. The molecule has 0 aliphatic rings. The van der Waals surface area contributed by atoms with E-state index < -0.39 is 35.5 Å². The molecule has 0 saturated carbocycles. The van der Waals surface area contributed by atoms with E-state index in [2.05, 4.69) is 10.6 Å². The first kappa shape index (κ1) is 17.4. The number of hydrogen-bond acceptors (Lipinski definition) is 4. The molecule has 0 aliphatic carbocycles. The van der Waals surface area contributed by atoms with Crippen LogP contribution in [0.4, 0.5) is 0 Å². The van der Waals surface area contributed by atoms with E-state index in [1.165, 1.54) is 6.92 Å². The molecule has 0 saturated heterocycles. The summed E-state index contributed by atoms with van der Waals surface area (Å²) in [5.74, 6) is -2.28. The summed E-state index contributed by atoms with van der Waals surface area (Å²) in [5.41, 5.74) is -2.66. The maximum atomic E-state index is 11.7. The van der Waals surface area contributed by atoms with Crippen LogP contribution in [-0.2, 0) is 14.4 Å². The Morgan fingerprint density at radius 1 is 1.16 bits per heavy atom. The van der Waals surface area contributed by atoms with Crippen molar-refractivity contribution >= 4 is 17.8 Å². The number of carboxylic acid groups (broad SMARTS) is 1. The van der Waals surface area contributed by atoms with Gasteiger partial charge in [0, 0.05) is 5.41 Å². The highest BCUT2D eigenvalue weighted by atomic mass is 16.4. The first-order chi connectivity index (χ1) is 8.38. The average Bonchev–Trinajstić information content (AvgIpc) is 2.24. The smallest absolute Gasteiger partial charge is 0.337 e. The third-order valence-electron chi connectivity index (χ3n) is 2.49. The second-order valence-corrected chi connectivity index (χ2v) is 5.74. The summed E-state index contributed by atoms with van der Waals surface area (Å²) in [6, 6.07) is -0.809. The molecule has 0 aromatic rings. The van der Waals surface area contributed by atoms with E-state index >= 15 is 0 Å². The van der Waals surface area contributed by atoms with Gasteiger partial charge in [0.1, 0.15) is 6.04 Å². The Bertz CT molecular complexity index is 371. The molecular weight excluding hydrogens is 252 g/mol. The predicted molar refractivity (Wildman–Crippen MR) is 68.3 cm³/mol. The number of rotatable bonds is 5. The van der Waals surface area contributed by atoms with Gasteiger partial charge in [-0.05, 0) is 13.8 Å². The summed E-state index contributed by atoms with van der Waals surface area (Å²) >= 11 is 0. The van der Waals surface area contributed by atoms with Crippen molar-refractivity contribution in [3.63, 3.8) is 0 Å². The van der Waals surface area contributed by atoms with Crippen molar-refractivity contribution in [1.29, 1.82) is 0 Å². The van der Waals surface area contributed by atoms with E-state index in [1.807, 2.05) is 0 Å². The largest absolute Gasteiger partial charge is 0.479 e. The Morgan fingerprint density at radius 2 is 1.63 bits per heavy atom. The van der Waals surface area contributed by atoms with E-state index in [1.54, 1.807) is 20.8 Å². The van der Waals surface area contributed by atoms with Gasteiger partial charge in [0.25, 0.3) is 0 Å². The molecule has 19 heavy (non-hydrogen) atoms. The molecule has 0 radical (unpaired) electrons. The number of amides is 2. The van der Waals surface area contributed by atoms with E-state index in [4.69, 9.17) is 5.11 Å². The van der Waals surface area contributed by atoms with Gasteiger partial charge in [0.2, 0.25) is 11.8 Å². The molecule has 7 nitrogen and oxygen atoms in total. The maximum absolute atomic E-state index is 11.7. The van der Waals surface area contributed by atoms with Gasteiger partial charge in [-0.2, -0.15) is 0 Å². The van der Waals surface area contributed by atoms with Gasteiger partial charge in [-0.15, -0.1) is 0 Å². The summed E-state index contributed by atoms with van der Waals surface area (Å²) < 4.78 is 0. The third kappa shape index (κ3) is 5.69. The Labute approximate surface area is 112 Å². The van der Waals surface area contributed by atoms with Gasteiger partial charge < -0.3 is 20.8 Å². The number of hydrogen-bond donors (Lipinski definition) is 4. The number of carbonyl (C=O) groups is 3. The molecule has 0 aromatic carbocycles. The van der Waals surface area contributed by atoms with Crippen LogP contribution in [0.5, 0.6) is 0 Å². The van der Waals surface area contributed by atoms with Crippen LogP contribution in [0.2, 0.25) is 0 Å². The molecule has 0 spiro atoms. The van der Waals surface area contributed by atoms with Gasteiger partial charge in [-0.3, -0.25) is 9.59 Å². The molecule has 7 heteroatoms. The number of carboxylic acids is 1. The molecule has 0 heterocycles. The van der Waals surface area contributed by atoms with Gasteiger partial charge in [-0.25, -0.2) is 4.79 Å². The standard InChI is InChI=1S/C12H22N2O5/c1-7(14-9(16)11(2,3)4)8(15)13-6-12(5,19)10(17)18/h7,19H,6H2,1-5H3,(H,13,15)(H,14,16)(H,17,18). The van der Waals surface area contributed by atoms with E-state index in [9.17, 15) is 19.5 Å². The molecule has 0 aliphatic heterocycles. The lowest BCUT2D eigenvalue weighted by atomic mass is 9.95. The second kappa shape index (κ2) is 6.01. The third-order valence-corrected chi connectivity index (χ3v) is 2.49. The van der Waals surface area contributed by atoms with E-state index in [-0.39, 0.29) is 5.91 Å². The van der Waals surface area contributed by atoms with Gasteiger partial charge >= 0.3 is 5.97 Å². The summed E-state index contributed by atoms with van der Waals surface area (Å²) in [5, 5.41) is 22.9. The average molecular weight is 274 g/mol. The zero-order chi connectivity index (χ0) is 15.4. The maximum Gasteiger partial charge on any atom is 0.337 e. The fourth-order valence-corrected chi connectivity index (χ4v) is 0.967. The second-order valence-electron chi connectivity index (χ2n) is 5.74. The molecule has 4 N–H and O–H groups in total. The number of nitrogens with one attached hydrogen (secondary N) is 2. The van der Waals surface area contributed by atoms with Crippen LogP contribution in [0.15, 0.2) is 0 Å². The van der Waals surface area contributed by atoms with Crippen LogP contribution < -0.4 is 10.6 Å². The Hall–Kier alpha value is -1.63. The monoisotopic (exact) mass is 274 g/mol. The SMILES string of the molecule is CC(NC(=O)C(C)(C)C)C(=O)NCC(C)(O)C(=O)O. The number of aliphatic carboxylic acids is 1. The highest BCUT2D eigenvalue weighted by Gasteiger charge is 2.31. The van der Waals surface area contributed by atoms with Crippen molar-refractivity contribution in [2.75, 3.05) is 6.54 Å². The molecule has 0 fully saturated rings. The van der Waals surface area contributed by atoms with Crippen LogP contribution in [0.3, 0.4) is 0 Å². The lowest BCUT2D eigenvalue weighted by molar-refractivity contribution is -0.156. The normalized spacial score (nSPS) is 16.1. The predicted octanol–water partition coefficient (Wildman–Crippen LogP) is -0.511. The van der Waals surface area contributed by atoms with Crippen molar-refractivity contribution in [2.24, 2.45) is 5.41 Å². The minimum absolute atomic E-state index is 0.292. The summed E-state index contributed by atoms with van der Waals surface area (Å²) in [4.78, 5) is 33.9. The van der Waals surface area contributed by atoms with E-state index in [0.717, 1.165) is 6.92 Å². The Balaban J connectivity index is 4.38. The highest BCUT2D eigenvalue weighted by Crippen LogP contribution is 2.12. The Morgan fingerprint density at radius 3 is 2.00 bits per heavy atom. The zero-order valence-corrected chi connectivity index (χ0v) is 11.9. The van der Waals surface area contributed by atoms with Crippen molar-refractivity contribution in [2.45, 2.75) is 46.3 Å². The first-order valence-corrected chi connectivity index (χ1v) is 5.92. The van der Waals surface area contributed by atoms with Gasteiger partial charge in [0.15, 0.2) is 5.60 Å². The van der Waals surface area contributed by atoms with Crippen molar-refractivity contribution in [3.8, 4) is 0 Å². The minimum Gasteiger partial charge on any atom is -0.479 e. The molecule has 2 atom stereocenters. The topological polar surface area (TPSA) is 116 Å². The van der Waals surface area contributed by atoms with Crippen LogP contribution in [-0.4, -0.2) is 46.2 Å². The van der Waals surface area contributed by atoms with Crippen LogP contribution >= 0.6 is 0 Å². The highest BCUT2D eigenvalue weighted by molar-refractivity contribution is 5.89. The van der Waals surface area contributed by atoms with Gasteiger partial charge in [0.05, 0.1) is 6.54 Å². The van der Waals surface area contributed by atoms with Gasteiger partial charge in [-0.1, -0.05) is 20.8 Å². The van der Waals surface area contributed by atoms with Crippen molar-refractivity contribution < 1.29 is 24.6 Å². The molecule has 0 rings (SSSR count). The summed E-state index contributed by atoms with van der Waals surface area (Å²) in [6.45, 7) is 7.26. The molecule has 110 valence electrons.